The number of carbonyl (C=O) groups excluding carboxylic acids is 2. The van der Waals surface area contributed by atoms with E-state index in [0.717, 1.165) is 5.56 Å². The zero-order valence-corrected chi connectivity index (χ0v) is 15.6. The normalized spacial score (nSPS) is 13.2. The van der Waals surface area contributed by atoms with Gasteiger partial charge >= 0.3 is 0 Å². The van der Waals surface area contributed by atoms with E-state index in [0.29, 0.717) is 24.6 Å². The second kappa shape index (κ2) is 9.48. The zero-order valence-electron chi connectivity index (χ0n) is 14.8. The molecule has 1 aromatic carbocycles. The van der Waals surface area contributed by atoms with E-state index in [2.05, 4.69) is 5.32 Å². The molecule has 25 heavy (non-hydrogen) atoms. The average Bonchev–Trinajstić information content (AvgIpc) is 3.03. The van der Waals surface area contributed by atoms with Gasteiger partial charge in [0.05, 0.1) is 12.6 Å². The minimum Gasteiger partial charge on any atom is -0.454 e. The highest BCUT2D eigenvalue weighted by Crippen LogP contribution is 2.32. The zero-order chi connectivity index (χ0) is 17.7. The van der Waals surface area contributed by atoms with Crippen LogP contribution in [0.2, 0.25) is 0 Å². The molecule has 1 heterocycles. The Kier molecular flexibility index (Phi) is 7.99. The van der Waals surface area contributed by atoms with Crippen LogP contribution in [0, 0.1) is 5.92 Å². The molecule has 0 bridgehead atoms. The van der Waals surface area contributed by atoms with Crippen molar-refractivity contribution in [1.29, 1.82) is 0 Å². The molecule has 7 nitrogen and oxygen atoms in total. The largest absolute Gasteiger partial charge is 0.454 e. The predicted molar refractivity (Wildman–Crippen MR) is 96.7 cm³/mol. The lowest BCUT2D eigenvalue weighted by Gasteiger charge is -2.22. The number of nitrogens with two attached hydrogens (primary N) is 1. The fourth-order valence-electron chi connectivity index (χ4n) is 2.33. The minimum absolute atomic E-state index is 0. The van der Waals surface area contributed by atoms with E-state index in [-0.39, 0.29) is 43.5 Å². The summed E-state index contributed by atoms with van der Waals surface area (Å²) in [7, 11) is 0. The molecule has 0 saturated carbocycles. The Morgan fingerprint density at radius 2 is 1.96 bits per heavy atom. The summed E-state index contributed by atoms with van der Waals surface area (Å²) in [5.41, 5.74) is 6.71. The van der Waals surface area contributed by atoms with Crippen molar-refractivity contribution in [2.75, 3.05) is 19.9 Å². The summed E-state index contributed by atoms with van der Waals surface area (Å²) in [5, 5.41) is 2.61. The molecular weight excluding hydrogens is 346 g/mol. The van der Waals surface area contributed by atoms with Crippen LogP contribution in [0.15, 0.2) is 18.2 Å². The van der Waals surface area contributed by atoms with Gasteiger partial charge in [0.15, 0.2) is 11.5 Å². The van der Waals surface area contributed by atoms with Gasteiger partial charge in [-0.25, -0.2) is 0 Å². The first-order valence-corrected chi connectivity index (χ1v) is 8.12. The molecule has 140 valence electrons. The molecule has 3 N–H and O–H groups in total. The lowest BCUT2D eigenvalue weighted by Crippen LogP contribution is -2.47. The van der Waals surface area contributed by atoms with Crippen LogP contribution in [0.1, 0.15) is 26.3 Å². The SMILES string of the molecule is CCN(Cc1ccc2c(c1)OCO2)C(=O)CNC(=O)[C@@H](N)C(C)C.Cl. The van der Waals surface area contributed by atoms with Crippen molar-refractivity contribution >= 4 is 24.2 Å². The monoisotopic (exact) mass is 371 g/mol. The van der Waals surface area contributed by atoms with Crippen LogP contribution < -0.4 is 20.5 Å². The molecule has 1 aliphatic rings. The summed E-state index contributed by atoms with van der Waals surface area (Å²) in [6.45, 7) is 6.77. The molecule has 0 radical (unpaired) electrons. The van der Waals surface area contributed by atoms with Crippen molar-refractivity contribution in [1.82, 2.24) is 10.2 Å². The van der Waals surface area contributed by atoms with Gasteiger partial charge in [0.2, 0.25) is 18.6 Å². The number of hydrogen-bond acceptors (Lipinski definition) is 5. The highest BCUT2D eigenvalue weighted by Gasteiger charge is 2.20. The topological polar surface area (TPSA) is 93.9 Å². The first kappa shape index (κ1) is 21.1. The van der Waals surface area contributed by atoms with Gasteiger partial charge in [0.1, 0.15) is 0 Å². The second-order valence-electron chi connectivity index (χ2n) is 6.08. The molecule has 0 spiro atoms. The fraction of sp³-hybridized carbons (Fsp3) is 0.529. The first-order chi connectivity index (χ1) is 11.4. The predicted octanol–water partition coefficient (Wildman–Crippen LogP) is 1.29. The number of amides is 2. The number of benzene rings is 1. The van der Waals surface area contributed by atoms with Crippen LogP contribution in [0.3, 0.4) is 0 Å². The summed E-state index contributed by atoms with van der Waals surface area (Å²) >= 11 is 0. The van der Waals surface area contributed by atoms with Gasteiger partial charge in [-0.1, -0.05) is 19.9 Å². The Morgan fingerprint density at radius 3 is 2.60 bits per heavy atom. The van der Waals surface area contributed by atoms with Crippen LogP contribution >= 0.6 is 12.4 Å². The van der Waals surface area contributed by atoms with Gasteiger partial charge in [-0.05, 0) is 30.5 Å². The van der Waals surface area contributed by atoms with Crippen LogP contribution in [0.4, 0.5) is 0 Å². The van der Waals surface area contributed by atoms with E-state index in [1.165, 1.54) is 0 Å². The molecule has 1 aromatic rings. The van der Waals surface area contributed by atoms with E-state index in [1.54, 1.807) is 4.90 Å². The van der Waals surface area contributed by atoms with Crippen LogP contribution in [-0.2, 0) is 16.1 Å². The van der Waals surface area contributed by atoms with Crippen molar-refractivity contribution in [2.24, 2.45) is 11.7 Å². The Labute approximate surface area is 154 Å². The summed E-state index contributed by atoms with van der Waals surface area (Å²) in [6.07, 6.45) is 0. The summed E-state index contributed by atoms with van der Waals surface area (Å²) in [4.78, 5) is 25.8. The van der Waals surface area contributed by atoms with Gasteiger partial charge in [0, 0.05) is 13.1 Å². The van der Waals surface area contributed by atoms with Crippen LogP contribution in [0.5, 0.6) is 11.5 Å². The maximum Gasteiger partial charge on any atom is 0.242 e. The lowest BCUT2D eigenvalue weighted by atomic mass is 10.1. The molecule has 0 aliphatic carbocycles. The number of rotatable bonds is 7. The highest BCUT2D eigenvalue weighted by atomic mass is 35.5. The Morgan fingerprint density at radius 1 is 1.28 bits per heavy atom. The van der Waals surface area contributed by atoms with E-state index < -0.39 is 6.04 Å². The fourth-order valence-corrected chi connectivity index (χ4v) is 2.33. The van der Waals surface area contributed by atoms with Crippen molar-refractivity contribution in [2.45, 2.75) is 33.4 Å². The Bertz CT molecular complexity index is 610. The number of hydrogen-bond donors (Lipinski definition) is 2. The molecule has 8 heteroatoms. The van der Waals surface area contributed by atoms with Gasteiger partial charge in [-0.15, -0.1) is 12.4 Å². The third kappa shape index (κ3) is 5.51. The third-order valence-corrected chi connectivity index (χ3v) is 3.98. The van der Waals surface area contributed by atoms with E-state index in [9.17, 15) is 9.59 Å². The molecule has 1 aliphatic heterocycles. The quantitative estimate of drug-likeness (QED) is 0.753. The van der Waals surface area contributed by atoms with E-state index >= 15 is 0 Å². The summed E-state index contributed by atoms with van der Waals surface area (Å²) in [6, 6.07) is 4.99. The number of nitrogens with one attached hydrogen (secondary N) is 1. The maximum atomic E-state index is 12.3. The maximum absolute atomic E-state index is 12.3. The number of nitrogens with zero attached hydrogens (tertiary/aromatic N) is 1. The smallest absolute Gasteiger partial charge is 0.242 e. The highest BCUT2D eigenvalue weighted by molar-refractivity contribution is 5.87. The molecule has 0 unspecified atom stereocenters. The number of halogens is 1. The molecular formula is C17H26ClN3O4. The van der Waals surface area contributed by atoms with Crippen LogP contribution in [0.25, 0.3) is 0 Å². The summed E-state index contributed by atoms with van der Waals surface area (Å²) < 4.78 is 10.6. The molecule has 2 rings (SSSR count). The average molecular weight is 372 g/mol. The van der Waals surface area contributed by atoms with Crippen molar-refractivity contribution in [3.63, 3.8) is 0 Å². The van der Waals surface area contributed by atoms with E-state index in [4.69, 9.17) is 15.2 Å². The molecule has 0 aromatic heterocycles. The Hall–Kier alpha value is -1.99. The van der Waals surface area contributed by atoms with Crippen molar-refractivity contribution in [3.05, 3.63) is 23.8 Å². The van der Waals surface area contributed by atoms with Gasteiger partial charge in [-0.3, -0.25) is 9.59 Å². The van der Waals surface area contributed by atoms with Crippen LogP contribution in [-0.4, -0.2) is 42.6 Å². The van der Waals surface area contributed by atoms with Gasteiger partial charge in [0.25, 0.3) is 0 Å². The third-order valence-electron chi connectivity index (χ3n) is 3.98. The standard InChI is InChI=1S/C17H25N3O4.ClH/c1-4-20(15(21)8-19-17(22)16(18)11(2)3)9-12-5-6-13-14(7-12)24-10-23-13;/h5-7,11,16H,4,8-10,18H2,1-3H3,(H,19,22);1H/t16-;/m0./s1. The lowest BCUT2D eigenvalue weighted by molar-refractivity contribution is -0.133. The summed E-state index contributed by atoms with van der Waals surface area (Å²) in [5.74, 6) is 0.961. The minimum atomic E-state index is -0.610. The van der Waals surface area contributed by atoms with Crippen molar-refractivity contribution in [3.8, 4) is 11.5 Å². The van der Waals surface area contributed by atoms with E-state index in [1.807, 2.05) is 39.0 Å². The number of ether oxygens (including phenoxy) is 2. The number of carbonyl (C=O) groups is 2. The number of fused-ring (bicyclic) bond motifs is 1. The van der Waals surface area contributed by atoms with Gasteiger partial charge in [-0.2, -0.15) is 0 Å². The van der Waals surface area contributed by atoms with Gasteiger partial charge < -0.3 is 25.4 Å². The molecule has 0 saturated heterocycles. The molecule has 1 atom stereocenters. The number of likely N-dealkylation sites (N-methyl/N-ethyl adjacent to an activating group) is 1. The molecule has 0 fully saturated rings. The van der Waals surface area contributed by atoms with Crippen molar-refractivity contribution < 1.29 is 19.1 Å². The second-order valence-corrected chi connectivity index (χ2v) is 6.08. The first-order valence-electron chi connectivity index (χ1n) is 8.12. The Balaban J connectivity index is 0.00000312. The molecule has 2 amide bonds.